The highest BCUT2D eigenvalue weighted by Gasteiger charge is 2.13. The van der Waals surface area contributed by atoms with Crippen molar-refractivity contribution in [2.24, 2.45) is 0 Å². The van der Waals surface area contributed by atoms with Crippen LogP contribution in [0.3, 0.4) is 0 Å². The number of halogens is 1. The van der Waals surface area contributed by atoms with Crippen LogP contribution < -0.4 is 0 Å². The van der Waals surface area contributed by atoms with Crippen molar-refractivity contribution >= 4 is 15.9 Å². The van der Waals surface area contributed by atoms with Crippen LogP contribution in [0.2, 0.25) is 0 Å². The summed E-state index contributed by atoms with van der Waals surface area (Å²) in [6, 6.07) is 16.7. The minimum Gasteiger partial charge on any atom is -0.241 e. The summed E-state index contributed by atoms with van der Waals surface area (Å²) in [5, 5.41) is 4.46. The second-order valence-corrected chi connectivity index (χ2v) is 6.18. The van der Waals surface area contributed by atoms with Crippen molar-refractivity contribution in [2.45, 2.75) is 18.7 Å². The molecule has 2 aromatic carbocycles. The zero-order chi connectivity index (χ0) is 14.8. The zero-order valence-corrected chi connectivity index (χ0v) is 13.7. The maximum atomic E-state index is 4.46. The normalized spacial score (nSPS) is 12.3. The van der Waals surface area contributed by atoms with Gasteiger partial charge in [-0.25, -0.2) is 4.68 Å². The third kappa shape index (κ3) is 2.93. The molecule has 0 N–H and O–H groups in total. The van der Waals surface area contributed by atoms with Gasteiger partial charge in [0.05, 0.1) is 16.7 Å². The van der Waals surface area contributed by atoms with Gasteiger partial charge in [0.2, 0.25) is 0 Å². The molecular formula is C18H17BrN2. The van der Waals surface area contributed by atoms with Crippen molar-refractivity contribution in [1.82, 2.24) is 9.78 Å². The van der Waals surface area contributed by atoms with E-state index >= 15 is 0 Å². The van der Waals surface area contributed by atoms with Crippen molar-refractivity contribution in [1.29, 1.82) is 0 Å². The summed E-state index contributed by atoms with van der Waals surface area (Å²) < 4.78 is 1.91. The Morgan fingerprint density at radius 2 is 1.71 bits per heavy atom. The molecule has 0 radical (unpaired) electrons. The average Bonchev–Trinajstić information content (AvgIpc) is 3.00. The van der Waals surface area contributed by atoms with Gasteiger partial charge in [0.15, 0.2) is 0 Å². The summed E-state index contributed by atoms with van der Waals surface area (Å²) >= 11 is 3.79. The molecular weight excluding hydrogens is 324 g/mol. The third-order valence-corrected chi connectivity index (χ3v) is 4.80. The summed E-state index contributed by atoms with van der Waals surface area (Å²) in [5.74, 6) is 0. The minimum atomic E-state index is 0.161. The molecule has 2 nitrogen and oxygen atoms in total. The maximum Gasteiger partial charge on any atom is 0.0675 e. The van der Waals surface area contributed by atoms with Gasteiger partial charge in [-0.05, 0) is 42.7 Å². The van der Waals surface area contributed by atoms with E-state index in [-0.39, 0.29) is 4.83 Å². The lowest BCUT2D eigenvalue weighted by Gasteiger charge is -2.10. The van der Waals surface area contributed by atoms with Crippen LogP contribution in [-0.4, -0.2) is 9.78 Å². The standard InChI is InChI=1S/C18H17BrN2/c1-13-8-9-15(10-14(13)2)18(19)16-11-20-21(12-16)17-6-4-3-5-7-17/h3-12,18H,1-2H3. The first-order chi connectivity index (χ1) is 10.1. The number of aromatic nitrogens is 2. The number of alkyl halides is 1. The van der Waals surface area contributed by atoms with E-state index in [4.69, 9.17) is 0 Å². The molecule has 0 fully saturated rings. The molecule has 3 rings (SSSR count). The highest BCUT2D eigenvalue weighted by atomic mass is 79.9. The number of nitrogens with zero attached hydrogens (tertiary/aromatic N) is 2. The van der Waals surface area contributed by atoms with E-state index in [2.05, 4.69) is 71.4 Å². The molecule has 0 aliphatic heterocycles. The predicted molar refractivity (Wildman–Crippen MR) is 90.3 cm³/mol. The quantitative estimate of drug-likeness (QED) is 0.615. The molecule has 0 spiro atoms. The smallest absolute Gasteiger partial charge is 0.0675 e. The molecule has 1 unspecified atom stereocenters. The SMILES string of the molecule is Cc1ccc(C(Br)c2cnn(-c3ccccc3)c2)cc1C. The summed E-state index contributed by atoms with van der Waals surface area (Å²) in [4.78, 5) is 0.161. The fraction of sp³-hybridized carbons (Fsp3) is 0.167. The molecule has 1 atom stereocenters. The third-order valence-electron chi connectivity index (χ3n) is 3.74. The number of hydrogen-bond donors (Lipinski definition) is 0. The highest BCUT2D eigenvalue weighted by molar-refractivity contribution is 9.09. The van der Waals surface area contributed by atoms with E-state index in [9.17, 15) is 0 Å². The summed E-state index contributed by atoms with van der Waals surface area (Å²) in [7, 11) is 0. The van der Waals surface area contributed by atoms with Crippen LogP contribution in [0.4, 0.5) is 0 Å². The van der Waals surface area contributed by atoms with Crippen LogP contribution in [0.15, 0.2) is 60.9 Å². The van der Waals surface area contributed by atoms with E-state index in [1.807, 2.05) is 29.1 Å². The number of hydrogen-bond acceptors (Lipinski definition) is 1. The number of aryl methyl sites for hydroxylation is 2. The van der Waals surface area contributed by atoms with E-state index in [0.29, 0.717) is 0 Å². The molecule has 0 saturated carbocycles. The van der Waals surface area contributed by atoms with E-state index in [0.717, 1.165) is 11.3 Å². The molecule has 0 aliphatic carbocycles. The molecule has 3 aromatic rings. The van der Waals surface area contributed by atoms with Gasteiger partial charge in [-0.3, -0.25) is 0 Å². The fourth-order valence-electron chi connectivity index (χ4n) is 2.30. The Morgan fingerprint density at radius 3 is 2.43 bits per heavy atom. The molecule has 0 bridgehead atoms. The molecule has 106 valence electrons. The van der Waals surface area contributed by atoms with Crippen molar-refractivity contribution in [2.75, 3.05) is 0 Å². The lowest BCUT2D eigenvalue weighted by Crippen LogP contribution is -1.94. The molecule has 0 aliphatic rings. The van der Waals surface area contributed by atoms with Gasteiger partial charge >= 0.3 is 0 Å². The van der Waals surface area contributed by atoms with Crippen molar-refractivity contribution in [3.05, 3.63) is 83.2 Å². The Balaban J connectivity index is 1.90. The largest absolute Gasteiger partial charge is 0.241 e. The lowest BCUT2D eigenvalue weighted by molar-refractivity contribution is 0.880. The van der Waals surface area contributed by atoms with Gasteiger partial charge in [-0.2, -0.15) is 5.10 Å². The first-order valence-electron chi connectivity index (χ1n) is 6.96. The fourth-order valence-corrected chi connectivity index (χ4v) is 2.83. The molecule has 21 heavy (non-hydrogen) atoms. The molecule has 3 heteroatoms. The van der Waals surface area contributed by atoms with Gasteiger partial charge in [0.1, 0.15) is 0 Å². The van der Waals surface area contributed by atoms with Crippen molar-refractivity contribution in [3.63, 3.8) is 0 Å². The van der Waals surface area contributed by atoms with Crippen molar-refractivity contribution < 1.29 is 0 Å². The van der Waals surface area contributed by atoms with Crippen LogP contribution >= 0.6 is 15.9 Å². The minimum absolute atomic E-state index is 0.161. The Morgan fingerprint density at radius 1 is 0.952 bits per heavy atom. The van der Waals surface area contributed by atoms with Gasteiger partial charge in [0.25, 0.3) is 0 Å². The van der Waals surface area contributed by atoms with E-state index < -0.39 is 0 Å². The topological polar surface area (TPSA) is 17.8 Å². The summed E-state index contributed by atoms with van der Waals surface area (Å²) in [5.41, 5.74) is 6.11. The van der Waals surface area contributed by atoms with Crippen LogP contribution in [0, 0.1) is 13.8 Å². The first kappa shape index (κ1) is 14.1. The maximum absolute atomic E-state index is 4.46. The van der Waals surface area contributed by atoms with Gasteiger partial charge < -0.3 is 0 Å². The molecule has 1 aromatic heterocycles. The van der Waals surface area contributed by atoms with Gasteiger partial charge in [0, 0.05) is 11.8 Å². The lowest BCUT2D eigenvalue weighted by atomic mass is 10.0. The van der Waals surface area contributed by atoms with Crippen LogP contribution in [0.5, 0.6) is 0 Å². The Bertz CT molecular complexity index is 747. The number of benzene rings is 2. The van der Waals surface area contributed by atoms with Crippen LogP contribution in [0.1, 0.15) is 27.1 Å². The van der Waals surface area contributed by atoms with Gasteiger partial charge in [-0.1, -0.05) is 52.3 Å². The van der Waals surface area contributed by atoms with Crippen LogP contribution in [-0.2, 0) is 0 Å². The number of para-hydroxylation sites is 1. The van der Waals surface area contributed by atoms with E-state index in [1.54, 1.807) is 0 Å². The molecule has 1 heterocycles. The molecule has 0 saturated heterocycles. The Labute approximate surface area is 133 Å². The monoisotopic (exact) mass is 340 g/mol. The van der Waals surface area contributed by atoms with E-state index in [1.165, 1.54) is 16.7 Å². The summed E-state index contributed by atoms with van der Waals surface area (Å²) in [6.07, 6.45) is 3.99. The Kier molecular flexibility index (Phi) is 3.93. The average molecular weight is 341 g/mol. The number of rotatable bonds is 3. The Hall–Kier alpha value is -1.87. The van der Waals surface area contributed by atoms with Crippen LogP contribution in [0.25, 0.3) is 5.69 Å². The zero-order valence-electron chi connectivity index (χ0n) is 12.1. The second kappa shape index (κ2) is 5.86. The summed E-state index contributed by atoms with van der Waals surface area (Å²) in [6.45, 7) is 4.28. The predicted octanol–water partition coefficient (Wildman–Crippen LogP) is 4.97. The van der Waals surface area contributed by atoms with Gasteiger partial charge in [-0.15, -0.1) is 0 Å². The molecule has 0 amide bonds. The van der Waals surface area contributed by atoms with Crippen molar-refractivity contribution in [3.8, 4) is 5.69 Å². The highest BCUT2D eigenvalue weighted by Crippen LogP contribution is 2.31. The first-order valence-corrected chi connectivity index (χ1v) is 7.88. The second-order valence-electron chi connectivity index (χ2n) is 5.26.